The maximum atomic E-state index is 13.0. The monoisotopic (exact) mass is 495 g/mol. The second kappa shape index (κ2) is 13.3. The molecule has 1 unspecified atom stereocenters. The summed E-state index contributed by atoms with van der Waals surface area (Å²) in [7, 11) is 1.66. The highest BCUT2D eigenvalue weighted by Gasteiger charge is 2.29. The molecule has 4 rings (SSSR count). The minimum Gasteiger partial charge on any atom is -0.497 e. The van der Waals surface area contributed by atoms with Crippen molar-refractivity contribution in [1.82, 2.24) is 15.1 Å². The number of hydrogen-bond donors (Lipinski definition) is 1. The van der Waals surface area contributed by atoms with Crippen molar-refractivity contribution in [3.8, 4) is 11.5 Å². The Kier molecular flexibility index (Phi) is 9.58. The van der Waals surface area contributed by atoms with E-state index in [9.17, 15) is 9.59 Å². The first-order valence-corrected chi connectivity index (χ1v) is 12.8. The van der Waals surface area contributed by atoms with Crippen LogP contribution in [0, 0.1) is 5.92 Å². The summed E-state index contributed by atoms with van der Waals surface area (Å²) >= 11 is 0. The number of likely N-dealkylation sites (tertiary alicyclic amines) is 1. The summed E-state index contributed by atoms with van der Waals surface area (Å²) < 4.78 is 16.5. The third kappa shape index (κ3) is 7.21. The minimum absolute atomic E-state index is 0.0706. The molecule has 8 nitrogen and oxygen atoms in total. The number of carbonyl (C=O) groups excluding carboxylic acids is 2. The lowest BCUT2D eigenvalue weighted by Crippen LogP contribution is -2.46. The molecular formula is C28H37N3O5. The second-order valence-corrected chi connectivity index (χ2v) is 9.25. The van der Waals surface area contributed by atoms with Gasteiger partial charge < -0.3 is 24.4 Å². The molecule has 8 heteroatoms. The average molecular weight is 496 g/mol. The Morgan fingerprint density at radius 1 is 0.972 bits per heavy atom. The lowest BCUT2D eigenvalue weighted by molar-refractivity contribution is -0.136. The number of para-hydroxylation sites is 1. The molecule has 0 radical (unpaired) electrons. The Morgan fingerprint density at radius 3 is 2.33 bits per heavy atom. The maximum absolute atomic E-state index is 13.0. The number of carbonyl (C=O) groups is 2. The molecule has 2 aromatic rings. The number of ether oxygens (including phenoxy) is 3. The van der Waals surface area contributed by atoms with Crippen molar-refractivity contribution in [3.05, 3.63) is 60.2 Å². The lowest BCUT2D eigenvalue weighted by Gasteiger charge is -2.36. The molecule has 0 saturated carbocycles. The normalized spacial score (nSPS) is 17.9. The maximum Gasteiger partial charge on any atom is 0.225 e. The van der Waals surface area contributed by atoms with E-state index < -0.39 is 0 Å². The number of rotatable bonds is 10. The Hall–Kier alpha value is -3.10. The van der Waals surface area contributed by atoms with Crippen LogP contribution in [-0.2, 0) is 14.3 Å². The topological polar surface area (TPSA) is 80.3 Å². The van der Waals surface area contributed by atoms with Crippen LogP contribution in [0.4, 0.5) is 0 Å². The zero-order valence-corrected chi connectivity index (χ0v) is 21.1. The lowest BCUT2D eigenvalue weighted by atomic mass is 9.95. The van der Waals surface area contributed by atoms with Crippen LogP contribution in [0.5, 0.6) is 11.5 Å². The quantitative estimate of drug-likeness (QED) is 0.546. The van der Waals surface area contributed by atoms with Gasteiger partial charge in [0.2, 0.25) is 11.8 Å². The molecule has 0 aliphatic carbocycles. The van der Waals surface area contributed by atoms with Crippen molar-refractivity contribution < 1.29 is 23.8 Å². The SMILES string of the molecule is COc1ccc(C(CNC(=O)C2CCN(C(=O)CCOc3ccccc3)CC2)N2CCOCC2)cc1. The van der Waals surface area contributed by atoms with E-state index in [2.05, 4.69) is 22.3 Å². The third-order valence-corrected chi connectivity index (χ3v) is 7.00. The molecule has 1 N–H and O–H groups in total. The first-order chi connectivity index (χ1) is 17.6. The molecule has 2 fully saturated rings. The molecule has 2 saturated heterocycles. The fourth-order valence-corrected chi connectivity index (χ4v) is 4.84. The van der Waals surface area contributed by atoms with Gasteiger partial charge in [0, 0.05) is 38.6 Å². The molecule has 2 aromatic carbocycles. The highest BCUT2D eigenvalue weighted by molar-refractivity contribution is 5.80. The van der Waals surface area contributed by atoms with Crippen LogP contribution in [0.3, 0.4) is 0 Å². The largest absolute Gasteiger partial charge is 0.497 e. The van der Waals surface area contributed by atoms with E-state index in [4.69, 9.17) is 14.2 Å². The van der Waals surface area contributed by atoms with E-state index in [-0.39, 0.29) is 23.8 Å². The van der Waals surface area contributed by atoms with Gasteiger partial charge in [-0.1, -0.05) is 30.3 Å². The molecule has 2 aliphatic rings. The number of methoxy groups -OCH3 is 1. The van der Waals surface area contributed by atoms with E-state index >= 15 is 0 Å². The number of nitrogens with zero attached hydrogens (tertiary/aromatic N) is 2. The molecule has 36 heavy (non-hydrogen) atoms. The van der Waals surface area contributed by atoms with Gasteiger partial charge in [-0.3, -0.25) is 14.5 Å². The van der Waals surface area contributed by atoms with Crippen molar-refractivity contribution in [2.45, 2.75) is 25.3 Å². The van der Waals surface area contributed by atoms with Crippen LogP contribution in [0.1, 0.15) is 30.9 Å². The summed E-state index contributed by atoms with van der Waals surface area (Å²) in [5.41, 5.74) is 1.15. The van der Waals surface area contributed by atoms with E-state index in [0.29, 0.717) is 58.7 Å². The highest BCUT2D eigenvalue weighted by Crippen LogP contribution is 2.25. The van der Waals surface area contributed by atoms with Crippen LogP contribution in [0.15, 0.2) is 54.6 Å². The Balaban J connectivity index is 1.23. The zero-order valence-electron chi connectivity index (χ0n) is 21.1. The smallest absolute Gasteiger partial charge is 0.225 e. The van der Waals surface area contributed by atoms with E-state index in [1.165, 1.54) is 0 Å². The third-order valence-electron chi connectivity index (χ3n) is 7.00. The standard InChI is InChI=1S/C28H37N3O5/c1-34-24-9-7-22(8-10-24)26(30-16-19-35-20-17-30)21-29-28(33)23-11-14-31(15-12-23)27(32)13-18-36-25-5-3-2-4-6-25/h2-10,23,26H,11-21H2,1H3,(H,29,33). The van der Waals surface area contributed by atoms with Gasteiger partial charge in [0.25, 0.3) is 0 Å². The van der Waals surface area contributed by atoms with E-state index in [1.54, 1.807) is 7.11 Å². The molecule has 1 atom stereocenters. The van der Waals surface area contributed by atoms with Crippen LogP contribution < -0.4 is 14.8 Å². The summed E-state index contributed by atoms with van der Waals surface area (Å²) in [6, 6.07) is 17.6. The van der Waals surface area contributed by atoms with Gasteiger partial charge in [-0.2, -0.15) is 0 Å². The minimum atomic E-state index is -0.0733. The van der Waals surface area contributed by atoms with E-state index in [1.807, 2.05) is 47.4 Å². The first kappa shape index (κ1) is 26.0. The Morgan fingerprint density at radius 2 is 1.67 bits per heavy atom. The summed E-state index contributed by atoms with van der Waals surface area (Å²) in [4.78, 5) is 29.8. The summed E-state index contributed by atoms with van der Waals surface area (Å²) in [5.74, 6) is 1.66. The molecule has 2 amide bonds. The van der Waals surface area contributed by atoms with Crippen LogP contribution in [0.2, 0.25) is 0 Å². The van der Waals surface area contributed by atoms with E-state index in [0.717, 1.165) is 30.2 Å². The number of hydrogen-bond acceptors (Lipinski definition) is 6. The predicted octanol–water partition coefficient (Wildman–Crippen LogP) is 2.89. The number of nitrogens with one attached hydrogen (secondary N) is 1. The van der Waals surface area contributed by atoms with Crippen LogP contribution in [0.25, 0.3) is 0 Å². The molecule has 0 spiro atoms. The van der Waals surface area contributed by atoms with Crippen molar-refractivity contribution in [2.75, 3.05) is 59.7 Å². The van der Waals surface area contributed by atoms with Gasteiger partial charge in [-0.05, 0) is 42.7 Å². The summed E-state index contributed by atoms with van der Waals surface area (Å²) in [6.07, 6.45) is 1.71. The average Bonchev–Trinajstić information content (AvgIpc) is 2.94. The number of amides is 2. The van der Waals surface area contributed by atoms with Crippen molar-refractivity contribution in [3.63, 3.8) is 0 Å². The second-order valence-electron chi connectivity index (χ2n) is 9.25. The summed E-state index contributed by atoms with van der Waals surface area (Å²) in [5, 5.41) is 3.20. The van der Waals surface area contributed by atoms with Gasteiger partial charge in [-0.25, -0.2) is 0 Å². The fraction of sp³-hybridized carbons (Fsp3) is 0.500. The predicted molar refractivity (Wildman–Crippen MR) is 137 cm³/mol. The van der Waals surface area contributed by atoms with Crippen LogP contribution >= 0.6 is 0 Å². The molecule has 0 aromatic heterocycles. The van der Waals surface area contributed by atoms with Gasteiger partial charge in [0.05, 0.1) is 39.4 Å². The number of morpholine rings is 1. The fourth-order valence-electron chi connectivity index (χ4n) is 4.84. The molecular weight excluding hydrogens is 458 g/mol. The zero-order chi connectivity index (χ0) is 25.2. The summed E-state index contributed by atoms with van der Waals surface area (Å²) in [6.45, 7) is 5.18. The number of benzene rings is 2. The first-order valence-electron chi connectivity index (χ1n) is 12.8. The van der Waals surface area contributed by atoms with Crippen molar-refractivity contribution >= 4 is 11.8 Å². The Labute approximate surface area is 213 Å². The highest BCUT2D eigenvalue weighted by atomic mass is 16.5. The van der Waals surface area contributed by atoms with Gasteiger partial charge >= 0.3 is 0 Å². The molecule has 0 bridgehead atoms. The van der Waals surface area contributed by atoms with Gasteiger partial charge in [0.1, 0.15) is 11.5 Å². The van der Waals surface area contributed by atoms with Crippen molar-refractivity contribution in [2.24, 2.45) is 5.92 Å². The van der Waals surface area contributed by atoms with Crippen LogP contribution in [-0.4, -0.2) is 81.3 Å². The molecule has 2 aliphatic heterocycles. The van der Waals surface area contributed by atoms with Gasteiger partial charge in [-0.15, -0.1) is 0 Å². The Bertz CT molecular complexity index is 955. The van der Waals surface area contributed by atoms with Gasteiger partial charge in [0.15, 0.2) is 0 Å². The molecule has 194 valence electrons. The molecule has 2 heterocycles. The van der Waals surface area contributed by atoms with Crippen molar-refractivity contribution in [1.29, 1.82) is 0 Å². The number of piperidine rings is 1.